The van der Waals surface area contributed by atoms with Crippen LogP contribution in [0.15, 0.2) is 41.0 Å². The Bertz CT molecular complexity index is 1130. The summed E-state index contributed by atoms with van der Waals surface area (Å²) in [7, 11) is 0. The summed E-state index contributed by atoms with van der Waals surface area (Å²) >= 11 is 0. The summed E-state index contributed by atoms with van der Waals surface area (Å²) in [6.07, 6.45) is 5.47. The first-order valence-electron chi connectivity index (χ1n) is 13.7. The molecule has 0 aliphatic heterocycles. The van der Waals surface area contributed by atoms with Gasteiger partial charge in [-0.1, -0.05) is 67.5 Å². The fourth-order valence-electron chi connectivity index (χ4n) is 4.44. The van der Waals surface area contributed by atoms with E-state index in [4.69, 9.17) is 14.1 Å². The van der Waals surface area contributed by atoms with Gasteiger partial charge in [0.05, 0.1) is 12.3 Å². The van der Waals surface area contributed by atoms with Gasteiger partial charge >= 0.3 is 0 Å². The lowest BCUT2D eigenvalue weighted by Gasteiger charge is -2.27. The molecule has 0 atom stereocenters. The quantitative estimate of drug-likeness (QED) is 0.266. The summed E-state index contributed by atoms with van der Waals surface area (Å²) in [5, 5.41) is 14.5. The molecule has 0 unspecified atom stereocenters. The minimum Gasteiger partial charge on any atom is -0.507 e. The molecule has 1 aromatic heterocycles. The van der Waals surface area contributed by atoms with Gasteiger partial charge < -0.3 is 19.6 Å². The number of benzene rings is 2. The van der Waals surface area contributed by atoms with E-state index < -0.39 is 0 Å². The maximum absolute atomic E-state index is 11.0. The summed E-state index contributed by atoms with van der Waals surface area (Å²) in [6.45, 7) is 19.5. The average Bonchev–Trinajstić information content (AvgIpc) is 3.30. The predicted octanol–water partition coefficient (Wildman–Crippen LogP) is 7.37. The van der Waals surface area contributed by atoms with E-state index in [-0.39, 0.29) is 10.8 Å². The van der Waals surface area contributed by atoms with Gasteiger partial charge in [0, 0.05) is 23.1 Å². The van der Waals surface area contributed by atoms with Crippen LogP contribution in [-0.4, -0.2) is 29.8 Å². The monoisotopic (exact) mass is 506 g/mol. The molecule has 2 N–H and O–H groups in total. The van der Waals surface area contributed by atoms with Gasteiger partial charge in [-0.05, 0) is 72.5 Å². The molecule has 5 nitrogen and oxygen atoms in total. The van der Waals surface area contributed by atoms with Crippen LogP contribution < -0.4 is 10.1 Å². The number of hydrogen-bond donors (Lipinski definition) is 2. The van der Waals surface area contributed by atoms with Crippen molar-refractivity contribution >= 4 is 0 Å². The van der Waals surface area contributed by atoms with E-state index in [0.717, 1.165) is 60.5 Å². The van der Waals surface area contributed by atoms with Crippen molar-refractivity contribution in [1.82, 2.24) is 10.3 Å². The van der Waals surface area contributed by atoms with E-state index in [1.807, 2.05) is 12.1 Å². The smallest absolute Gasteiger partial charge is 0.226 e. The lowest BCUT2D eigenvalue weighted by atomic mass is 9.78. The van der Waals surface area contributed by atoms with E-state index in [1.165, 1.54) is 11.1 Å². The third-order valence-corrected chi connectivity index (χ3v) is 6.67. The van der Waals surface area contributed by atoms with Crippen molar-refractivity contribution in [2.45, 2.75) is 91.9 Å². The highest BCUT2D eigenvalue weighted by atomic mass is 16.5. The van der Waals surface area contributed by atoms with E-state index in [2.05, 4.69) is 78.9 Å². The first-order valence-corrected chi connectivity index (χ1v) is 13.7. The fourth-order valence-corrected chi connectivity index (χ4v) is 4.44. The summed E-state index contributed by atoms with van der Waals surface area (Å²) in [4.78, 5) is 4.77. The van der Waals surface area contributed by atoms with Crippen LogP contribution in [0.3, 0.4) is 0 Å². The zero-order valence-corrected chi connectivity index (χ0v) is 24.1. The third kappa shape index (κ3) is 7.61. The Morgan fingerprint density at radius 2 is 1.59 bits per heavy atom. The van der Waals surface area contributed by atoms with Crippen LogP contribution in [0.1, 0.15) is 89.8 Å². The molecule has 0 aliphatic rings. The van der Waals surface area contributed by atoms with Gasteiger partial charge in [-0.2, -0.15) is 0 Å². The minimum atomic E-state index is -0.208. The van der Waals surface area contributed by atoms with Gasteiger partial charge in [-0.15, -0.1) is 0 Å². The highest BCUT2D eigenvalue weighted by Crippen LogP contribution is 2.41. The Hall–Kier alpha value is -2.79. The first-order chi connectivity index (χ1) is 17.4. The highest BCUT2D eigenvalue weighted by molar-refractivity contribution is 5.63. The number of aromatic hydroxyl groups is 1. The molecule has 2 aromatic carbocycles. The zero-order chi connectivity index (χ0) is 27.2. The Balaban J connectivity index is 1.74. The molecule has 37 heavy (non-hydrogen) atoms. The average molecular weight is 507 g/mol. The second-order valence-corrected chi connectivity index (χ2v) is 12.0. The van der Waals surface area contributed by atoms with Gasteiger partial charge in [0.15, 0.2) is 0 Å². The molecule has 5 heteroatoms. The van der Waals surface area contributed by atoms with Gasteiger partial charge in [-0.25, -0.2) is 4.98 Å². The van der Waals surface area contributed by atoms with E-state index >= 15 is 0 Å². The second-order valence-electron chi connectivity index (χ2n) is 12.0. The lowest BCUT2D eigenvalue weighted by molar-refractivity contribution is 0.317. The number of nitrogens with one attached hydrogen (secondary N) is 1. The van der Waals surface area contributed by atoms with Crippen LogP contribution in [0, 0.1) is 0 Å². The third-order valence-electron chi connectivity index (χ3n) is 6.67. The predicted molar refractivity (Wildman–Crippen MR) is 153 cm³/mol. The Labute approximate surface area is 223 Å². The molecule has 0 saturated heterocycles. The standard InChI is InChI=1S/C32H46N2O3/c1-9-15-33-16-13-23-18-22(10-2)11-12-28(23)36-17-14-25-21-37-30(34-25)24-19-26(31(3,4)5)29(35)27(20-24)32(6,7)8/h11-12,18-21,33,35H,9-10,13-17H2,1-8H3. The van der Waals surface area contributed by atoms with Crippen LogP contribution in [0.5, 0.6) is 11.5 Å². The second kappa shape index (κ2) is 12.2. The van der Waals surface area contributed by atoms with Gasteiger partial charge in [0.1, 0.15) is 17.8 Å². The van der Waals surface area contributed by atoms with Crippen molar-refractivity contribution in [3.63, 3.8) is 0 Å². The van der Waals surface area contributed by atoms with E-state index in [1.54, 1.807) is 6.26 Å². The lowest BCUT2D eigenvalue weighted by Crippen LogP contribution is -2.18. The zero-order valence-electron chi connectivity index (χ0n) is 24.1. The Kier molecular flexibility index (Phi) is 9.46. The molecule has 0 radical (unpaired) electrons. The molecule has 0 fully saturated rings. The largest absolute Gasteiger partial charge is 0.507 e. The molecular formula is C32H46N2O3. The molecule has 202 valence electrons. The van der Waals surface area contributed by atoms with Crippen LogP contribution >= 0.6 is 0 Å². The maximum Gasteiger partial charge on any atom is 0.226 e. The Morgan fingerprint density at radius 1 is 0.919 bits per heavy atom. The van der Waals surface area contributed by atoms with Crippen LogP contribution in [0.25, 0.3) is 11.5 Å². The Morgan fingerprint density at radius 3 is 2.19 bits per heavy atom. The summed E-state index contributed by atoms with van der Waals surface area (Å²) in [5.41, 5.74) is 5.70. The van der Waals surface area contributed by atoms with Crippen molar-refractivity contribution in [3.8, 4) is 23.0 Å². The number of nitrogens with zero attached hydrogens (tertiary/aromatic N) is 1. The molecule has 0 spiro atoms. The molecule has 3 rings (SSSR count). The topological polar surface area (TPSA) is 67.5 Å². The van der Waals surface area contributed by atoms with Crippen LogP contribution in [0.4, 0.5) is 0 Å². The SMILES string of the molecule is CCCNCCc1cc(CC)ccc1OCCc1coc(-c2cc(C(C)(C)C)c(O)c(C(C)(C)C)c2)n1. The van der Waals surface area contributed by atoms with E-state index in [9.17, 15) is 5.11 Å². The van der Waals surface area contributed by atoms with Crippen molar-refractivity contribution < 1.29 is 14.3 Å². The molecule has 0 amide bonds. The summed E-state index contributed by atoms with van der Waals surface area (Å²) in [5.74, 6) is 1.88. The number of aromatic nitrogens is 1. The molecule has 0 aliphatic carbocycles. The number of phenols is 1. The number of phenolic OH excluding ortho intramolecular Hbond substituents is 1. The van der Waals surface area contributed by atoms with Gasteiger partial charge in [0.2, 0.25) is 5.89 Å². The van der Waals surface area contributed by atoms with Crippen molar-refractivity contribution in [2.24, 2.45) is 0 Å². The summed E-state index contributed by atoms with van der Waals surface area (Å²) in [6, 6.07) is 10.5. The molecular weight excluding hydrogens is 460 g/mol. The number of aryl methyl sites for hydroxylation is 1. The van der Waals surface area contributed by atoms with Crippen LogP contribution in [-0.2, 0) is 30.1 Å². The minimum absolute atomic E-state index is 0.208. The van der Waals surface area contributed by atoms with Gasteiger partial charge in [0.25, 0.3) is 0 Å². The van der Waals surface area contributed by atoms with Crippen LogP contribution in [0.2, 0.25) is 0 Å². The molecule has 1 heterocycles. The number of ether oxygens (including phenoxy) is 1. The molecule has 3 aromatic rings. The number of rotatable bonds is 11. The molecule has 0 bridgehead atoms. The van der Waals surface area contributed by atoms with Gasteiger partial charge in [-0.3, -0.25) is 0 Å². The number of hydrogen-bond acceptors (Lipinski definition) is 5. The summed E-state index contributed by atoms with van der Waals surface area (Å²) < 4.78 is 12.1. The first kappa shape index (κ1) is 28.8. The fraction of sp³-hybridized carbons (Fsp3) is 0.531. The highest BCUT2D eigenvalue weighted by Gasteiger charge is 2.27. The van der Waals surface area contributed by atoms with Crippen molar-refractivity contribution in [2.75, 3.05) is 19.7 Å². The molecule has 0 saturated carbocycles. The van der Waals surface area contributed by atoms with E-state index in [0.29, 0.717) is 24.7 Å². The maximum atomic E-state index is 11.0. The van der Waals surface area contributed by atoms with Crippen molar-refractivity contribution in [1.29, 1.82) is 0 Å². The number of oxazole rings is 1. The normalized spacial score (nSPS) is 12.2. The van der Waals surface area contributed by atoms with Crippen molar-refractivity contribution in [3.05, 3.63) is 64.5 Å².